The minimum Gasteiger partial charge on any atom is -0.494 e. The molecule has 3 N–H and O–H groups in total. The van der Waals surface area contributed by atoms with E-state index in [1.54, 1.807) is 6.92 Å². The molecule has 1 unspecified atom stereocenters. The van der Waals surface area contributed by atoms with Gasteiger partial charge in [0, 0.05) is 6.54 Å². The first-order valence-corrected chi connectivity index (χ1v) is 7.88. The molecule has 0 fully saturated rings. The monoisotopic (exact) mass is 348 g/mol. The molecule has 2 aromatic carbocycles. The Morgan fingerprint density at radius 1 is 1.12 bits per heavy atom. The standard InChI is InChI=1S/C19H24N2O2.ClH/c1-3-13-23-17-11-9-15(10-12-17)14-21-18(22)19(2,20)16-7-5-4-6-8-16;/h4-12H,3,13-14,20H2,1-2H3,(H,21,22);1H. The summed E-state index contributed by atoms with van der Waals surface area (Å²) in [5, 5.41) is 2.90. The van der Waals surface area contributed by atoms with Gasteiger partial charge in [-0.2, -0.15) is 0 Å². The Kier molecular flexibility index (Phi) is 7.75. The zero-order valence-electron chi connectivity index (χ0n) is 14.1. The minimum atomic E-state index is -1.05. The number of amides is 1. The second-order valence-electron chi connectivity index (χ2n) is 5.74. The van der Waals surface area contributed by atoms with Gasteiger partial charge in [-0.25, -0.2) is 0 Å². The van der Waals surface area contributed by atoms with Gasteiger partial charge in [-0.1, -0.05) is 49.4 Å². The highest BCUT2D eigenvalue weighted by Gasteiger charge is 2.29. The number of rotatable bonds is 7. The van der Waals surface area contributed by atoms with Crippen LogP contribution in [0.5, 0.6) is 5.75 Å². The number of hydrogen-bond donors (Lipinski definition) is 2. The van der Waals surface area contributed by atoms with E-state index in [0.29, 0.717) is 13.2 Å². The molecule has 5 heteroatoms. The second-order valence-corrected chi connectivity index (χ2v) is 5.74. The third kappa shape index (κ3) is 5.25. The van der Waals surface area contributed by atoms with Gasteiger partial charge in [0.2, 0.25) is 5.91 Å². The van der Waals surface area contributed by atoms with Crippen molar-refractivity contribution < 1.29 is 9.53 Å². The molecule has 130 valence electrons. The molecule has 0 spiro atoms. The van der Waals surface area contributed by atoms with Crippen LogP contribution < -0.4 is 15.8 Å². The van der Waals surface area contributed by atoms with Crippen molar-refractivity contribution in [2.45, 2.75) is 32.4 Å². The molecule has 24 heavy (non-hydrogen) atoms. The highest BCUT2D eigenvalue weighted by atomic mass is 35.5. The lowest BCUT2D eigenvalue weighted by Crippen LogP contribution is -2.48. The van der Waals surface area contributed by atoms with Crippen molar-refractivity contribution in [3.63, 3.8) is 0 Å². The topological polar surface area (TPSA) is 64.3 Å². The van der Waals surface area contributed by atoms with Crippen LogP contribution in [0.25, 0.3) is 0 Å². The lowest BCUT2D eigenvalue weighted by molar-refractivity contribution is -0.126. The summed E-state index contributed by atoms with van der Waals surface area (Å²) in [6, 6.07) is 17.1. The Morgan fingerprint density at radius 2 is 1.75 bits per heavy atom. The van der Waals surface area contributed by atoms with Crippen LogP contribution in [-0.2, 0) is 16.9 Å². The maximum absolute atomic E-state index is 12.4. The van der Waals surface area contributed by atoms with Crippen LogP contribution in [0, 0.1) is 0 Å². The van der Waals surface area contributed by atoms with E-state index in [4.69, 9.17) is 10.5 Å². The predicted octanol–water partition coefficient (Wildman–Crippen LogP) is 3.39. The van der Waals surface area contributed by atoms with Crippen molar-refractivity contribution in [1.29, 1.82) is 0 Å². The number of hydrogen-bond acceptors (Lipinski definition) is 3. The van der Waals surface area contributed by atoms with Crippen molar-refractivity contribution in [2.24, 2.45) is 5.73 Å². The number of ether oxygens (including phenoxy) is 1. The van der Waals surface area contributed by atoms with E-state index in [0.717, 1.165) is 23.3 Å². The quantitative estimate of drug-likeness (QED) is 0.806. The van der Waals surface area contributed by atoms with E-state index >= 15 is 0 Å². The predicted molar refractivity (Wildman–Crippen MR) is 99.3 cm³/mol. The van der Waals surface area contributed by atoms with E-state index in [1.807, 2.05) is 54.6 Å². The van der Waals surface area contributed by atoms with Crippen molar-refractivity contribution in [3.8, 4) is 5.75 Å². The summed E-state index contributed by atoms with van der Waals surface area (Å²) in [6.45, 7) is 4.94. The summed E-state index contributed by atoms with van der Waals surface area (Å²) < 4.78 is 5.54. The van der Waals surface area contributed by atoms with Gasteiger partial charge in [0.1, 0.15) is 11.3 Å². The number of nitrogens with one attached hydrogen (secondary N) is 1. The fraction of sp³-hybridized carbons (Fsp3) is 0.316. The molecule has 0 aromatic heterocycles. The lowest BCUT2D eigenvalue weighted by atomic mass is 9.92. The molecule has 2 rings (SSSR count). The maximum Gasteiger partial charge on any atom is 0.244 e. The van der Waals surface area contributed by atoms with Gasteiger partial charge >= 0.3 is 0 Å². The number of nitrogens with two attached hydrogens (primary N) is 1. The summed E-state index contributed by atoms with van der Waals surface area (Å²) >= 11 is 0. The van der Waals surface area contributed by atoms with Crippen molar-refractivity contribution >= 4 is 18.3 Å². The summed E-state index contributed by atoms with van der Waals surface area (Å²) in [5.74, 6) is 0.643. The first kappa shape index (κ1) is 20.0. The van der Waals surface area contributed by atoms with Gasteiger partial charge in [0.05, 0.1) is 6.61 Å². The molecule has 0 saturated heterocycles. The van der Waals surface area contributed by atoms with Gasteiger partial charge in [-0.05, 0) is 36.6 Å². The molecular formula is C19H25ClN2O2. The van der Waals surface area contributed by atoms with E-state index in [9.17, 15) is 4.79 Å². The van der Waals surface area contributed by atoms with Gasteiger partial charge < -0.3 is 15.8 Å². The second kappa shape index (κ2) is 9.30. The summed E-state index contributed by atoms with van der Waals surface area (Å²) in [4.78, 5) is 12.4. The molecule has 0 radical (unpaired) electrons. The molecule has 0 aliphatic carbocycles. The van der Waals surface area contributed by atoms with E-state index < -0.39 is 5.54 Å². The number of carbonyl (C=O) groups excluding carboxylic acids is 1. The fourth-order valence-corrected chi connectivity index (χ4v) is 2.20. The third-order valence-electron chi connectivity index (χ3n) is 3.69. The molecule has 2 aromatic rings. The Bertz CT molecular complexity index is 628. The number of benzene rings is 2. The molecule has 0 aliphatic rings. The number of carbonyl (C=O) groups is 1. The molecule has 0 aliphatic heterocycles. The molecule has 0 saturated carbocycles. The molecular weight excluding hydrogens is 324 g/mol. The van der Waals surface area contributed by atoms with Crippen LogP contribution in [0.4, 0.5) is 0 Å². The van der Waals surface area contributed by atoms with Crippen molar-refractivity contribution in [3.05, 3.63) is 65.7 Å². The lowest BCUT2D eigenvalue weighted by Gasteiger charge is -2.24. The normalized spacial score (nSPS) is 12.6. The van der Waals surface area contributed by atoms with Crippen LogP contribution in [0.2, 0.25) is 0 Å². The molecule has 1 atom stereocenters. The van der Waals surface area contributed by atoms with E-state index in [1.165, 1.54) is 0 Å². The highest BCUT2D eigenvalue weighted by molar-refractivity contribution is 5.87. The first-order valence-electron chi connectivity index (χ1n) is 7.88. The number of halogens is 1. The highest BCUT2D eigenvalue weighted by Crippen LogP contribution is 2.18. The van der Waals surface area contributed by atoms with Gasteiger partial charge in [0.25, 0.3) is 0 Å². The average molecular weight is 349 g/mol. The largest absolute Gasteiger partial charge is 0.494 e. The minimum absolute atomic E-state index is 0. The van der Waals surface area contributed by atoms with Crippen LogP contribution >= 0.6 is 12.4 Å². The summed E-state index contributed by atoms with van der Waals surface area (Å²) in [7, 11) is 0. The molecule has 4 nitrogen and oxygen atoms in total. The van der Waals surface area contributed by atoms with Crippen LogP contribution in [0.1, 0.15) is 31.4 Å². The zero-order valence-corrected chi connectivity index (χ0v) is 14.9. The van der Waals surface area contributed by atoms with E-state index in [-0.39, 0.29) is 18.3 Å². The zero-order chi connectivity index (χ0) is 16.7. The smallest absolute Gasteiger partial charge is 0.244 e. The van der Waals surface area contributed by atoms with Crippen molar-refractivity contribution in [1.82, 2.24) is 5.32 Å². The molecule has 0 bridgehead atoms. The van der Waals surface area contributed by atoms with Crippen molar-refractivity contribution in [2.75, 3.05) is 6.61 Å². The van der Waals surface area contributed by atoms with Crippen LogP contribution in [0.3, 0.4) is 0 Å². The van der Waals surface area contributed by atoms with E-state index in [2.05, 4.69) is 12.2 Å². The summed E-state index contributed by atoms with van der Waals surface area (Å²) in [5.41, 5.74) is 6.94. The third-order valence-corrected chi connectivity index (χ3v) is 3.69. The molecule has 1 amide bonds. The van der Waals surface area contributed by atoms with Gasteiger partial charge in [-0.3, -0.25) is 4.79 Å². The maximum atomic E-state index is 12.4. The Balaban J connectivity index is 0.00000288. The van der Waals surface area contributed by atoms with Gasteiger partial charge in [-0.15, -0.1) is 12.4 Å². The average Bonchev–Trinajstić information content (AvgIpc) is 2.59. The SMILES string of the molecule is CCCOc1ccc(CNC(=O)C(C)(N)c2ccccc2)cc1.Cl. The Morgan fingerprint density at radius 3 is 2.33 bits per heavy atom. The Hall–Kier alpha value is -2.04. The molecule has 0 heterocycles. The summed E-state index contributed by atoms with van der Waals surface area (Å²) in [6.07, 6.45) is 0.979. The fourth-order valence-electron chi connectivity index (χ4n) is 2.20. The van der Waals surface area contributed by atoms with Crippen LogP contribution in [-0.4, -0.2) is 12.5 Å². The van der Waals surface area contributed by atoms with Gasteiger partial charge in [0.15, 0.2) is 0 Å². The Labute approximate surface area is 149 Å². The first-order chi connectivity index (χ1) is 11.0. The van der Waals surface area contributed by atoms with Crippen LogP contribution in [0.15, 0.2) is 54.6 Å².